The number of nitrogens with zero attached hydrogens (tertiary/aromatic N) is 1. The highest BCUT2D eigenvalue weighted by atomic mass is 35.5. The minimum Gasteiger partial charge on any atom is -0.378 e. The van der Waals surface area contributed by atoms with Crippen LogP contribution in [0.4, 0.5) is 0 Å². The van der Waals surface area contributed by atoms with E-state index < -0.39 is 11.7 Å². The van der Waals surface area contributed by atoms with Crippen LogP contribution in [0.15, 0.2) is 6.07 Å². The maximum absolute atomic E-state index is 12.2. The molecule has 1 amide bonds. The third-order valence-corrected chi connectivity index (χ3v) is 4.59. The van der Waals surface area contributed by atoms with Crippen LogP contribution < -0.4 is 0 Å². The van der Waals surface area contributed by atoms with E-state index in [0.717, 1.165) is 0 Å². The summed E-state index contributed by atoms with van der Waals surface area (Å²) in [7, 11) is 0. The van der Waals surface area contributed by atoms with Gasteiger partial charge in [-0.15, -0.1) is 0 Å². The lowest BCUT2D eigenvalue weighted by Crippen LogP contribution is -2.44. The molecule has 1 aliphatic rings. The summed E-state index contributed by atoms with van der Waals surface area (Å²) < 4.78 is 5.12. The fourth-order valence-electron chi connectivity index (χ4n) is 1.76. The molecule has 0 N–H and O–H groups in total. The fraction of sp³-hybridized carbons (Fsp3) is 0.333. The van der Waals surface area contributed by atoms with Gasteiger partial charge in [-0.2, -0.15) is 0 Å². The normalized spacial score (nSPS) is 15.3. The van der Waals surface area contributed by atoms with Crippen molar-refractivity contribution in [2.24, 2.45) is 0 Å². The smallest absolute Gasteiger partial charge is 0.295 e. The predicted molar refractivity (Wildman–Crippen MR) is 78.2 cm³/mol. The number of carbonyl (C=O) groups is 2. The SMILES string of the molecule is O=C(C(=O)N1CCOCC1)c1cc(Cl)c(Cl)c(Cl)c1Cl. The van der Waals surface area contributed by atoms with Crippen molar-refractivity contribution in [3.05, 3.63) is 31.7 Å². The third-order valence-electron chi connectivity index (χ3n) is 2.84. The molecule has 8 heteroatoms. The Bertz CT molecular complexity index is 570. The molecule has 1 aliphatic heterocycles. The number of ketones is 1. The number of Topliss-reactive ketones (excluding diaryl/α,β-unsaturated/α-hetero) is 1. The van der Waals surface area contributed by atoms with Crippen LogP contribution >= 0.6 is 46.4 Å². The van der Waals surface area contributed by atoms with Gasteiger partial charge >= 0.3 is 0 Å². The van der Waals surface area contributed by atoms with Gasteiger partial charge in [-0.1, -0.05) is 46.4 Å². The number of hydrogen-bond donors (Lipinski definition) is 0. The van der Waals surface area contributed by atoms with E-state index in [1.54, 1.807) is 0 Å². The number of hydrogen-bond acceptors (Lipinski definition) is 3. The average molecular weight is 357 g/mol. The Hall–Kier alpha value is -0.520. The van der Waals surface area contributed by atoms with E-state index in [0.29, 0.717) is 26.3 Å². The molecule has 1 heterocycles. The van der Waals surface area contributed by atoms with Crippen molar-refractivity contribution in [2.45, 2.75) is 0 Å². The molecule has 0 saturated carbocycles. The molecule has 0 spiro atoms. The van der Waals surface area contributed by atoms with Gasteiger partial charge in [-0.25, -0.2) is 0 Å². The monoisotopic (exact) mass is 355 g/mol. The summed E-state index contributed by atoms with van der Waals surface area (Å²) in [5, 5.41) is -0.000430. The molecule has 2 rings (SSSR count). The summed E-state index contributed by atoms with van der Waals surface area (Å²) >= 11 is 23.5. The van der Waals surface area contributed by atoms with E-state index in [4.69, 9.17) is 51.1 Å². The van der Waals surface area contributed by atoms with Crippen molar-refractivity contribution < 1.29 is 14.3 Å². The Morgan fingerprint density at radius 2 is 1.60 bits per heavy atom. The van der Waals surface area contributed by atoms with E-state index in [2.05, 4.69) is 0 Å². The highest BCUT2D eigenvalue weighted by Gasteiger charge is 2.28. The number of benzene rings is 1. The summed E-state index contributed by atoms with van der Waals surface area (Å²) in [6, 6.07) is 1.25. The van der Waals surface area contributed by atoms with E-state index in [-0.39, 0.29) is 25.7 Å². The van der Waals surface area contributed by atoms with Gasteiger partial charge < -0.3 is 9.64 Å². The van der Waals surface area contributed by atoms with Crippen LogP contribution in [0.3, 0.4) is 0 Å². The molecule has 0 unspecified atom stereocenters. The Labute approximate surface area is 135 Å². The van der Waals surface area contributed by atoms with Crippen LogP contribution in [0.25, 0.3) is 0 Å². The summed E-state index contributed by atoms with van der Waals surface area (Å²) in [5.41, 5.74) is -0.0532. The topological polar surface area (TPSA) is 46.6 Å². The highest BCUT2D eigenvalue weighted by Crippen LogP contribution is 2.38. The van der Waals surface area contributed by atoms with E-state index in [1.165, 1.54) is 11.0 Å². The van der Waals surface area contributed by atoms with Crippen LogP contribution in [-0.2, 0) is 9.53 Å². The van der Waals surface area contributed by atoms with Gasteiger partial charge in [0.1, 0.15) is 0 Å². The number of carbonyl (C=O) groups excluding carboxylic acids is 2. The first-order chi connectivity index (χ1) is 9.43. The quantitative estimate of drug-likeness (QED) is 0.353. The number of ether oxygens (including phenoxy) is 1. The maximum Gasteiger partial charge on any atom is 0.295 e. The first-order valence-corrected chi connectivity index (χ1v) is 7.19. The summed E-state index contributed by atoms with van der Waals surface area (Å²) in [6.45, 7) is 1.51. The van der Waals surface area contributed by atoms with Gasteiger partial charge in [0.2, 0.25) is 0 Å². The van der Waals surface area contributed by atoms with E-state index >= 15 is 0 Å². The van der Waals surface area contributed by atoms with Crippen LogP contribution in [-0.4, -0.2) is 42.9 Å². The maximum atomic E-state index is 12.2. The first kappa shape index (κ1) is 15.9. The van der Waals surface area contributed by atoms with Crippen molar-refractivity contribution in [2.75, 3.05) is 26.3 Å². The summed E-state index contributed by atoms with van der Waals surface area (Å²) in [5.74, 6) is -1.43. The molecule has 0 atom stereocenters. The van der Waals surface area contributed by atoms with Gasteiger partial charge in [0.05, 0.1) is 33.3 Å². The van der Waals surface area contributed by atoms with Gasteiger partial charge in [0.25, 0.3) is 11.7 Å². The predicted octanol–water partition coefficient (Wildman–Crippen LogP) is 3.34. The molecular weight excluding hydrogens is 348 g/mol. The Kier molecular flexibility index (Phi) is 5.15. The second kappa shape index (κ2) is 6.50. The Morgan fingerprint density at radius 1 is 1.00 bits per heavy atom. The standard InChI is InChI=1S/C12H9Cl4NO3/c13-7-5-6(8(14)10(16)9(7)15)11(18)12(19)17-1-3-20-4-2-17/h5H,1-4H2. The second-order valence-electron chi connectivity index (χ2n) is 4.08. The summed E-state index contributed by atoms with van der Waals surface area (Å²) in [4.78, 5) is 25.7. The van der Waals surface area contributed by atoms with Gasteiger partial charge in [0.15, 0.2) is 0 Å². The molecule has 0 aliphatic carbocycles. The highest BCUT2D eigenvalue weighted by molar-refractivity contribution is 6.55. The average Bonchev–Trinajstić information content (AvgIpc) is 2.48. The zero-order valence-corrected chi connectivity index (χ0v) is 13.1. The number of amides is 1. The van der Waals surface area contributed by atoms with E-state index in [9.17, 15) is 9.59 Å². The van der Waals surface area contributed by atoms with Gasteiger partial charge in [0, 0.05) is 18.7 Å². The fourth-order valence-corrected chi connectivity index (χ4v) is 2.65. The first-order valence-electron chi connectivity index (χ1n) is 5.67. The molecular formula is C12H9Cl4NO3. The summed E-state index contributed by atoms with van der Waals surface area (Å²) in [6.07, 6.45) is 0. The lowest BCUT2D eigenvalue weighted by atomic mass is 10.1. The van der Waals surface area contributed by atoms with Crippen molar-refractivity contribution >= 4 is 58.1 Å². The van der Waals surface area contributed by atoms with E-state index in [1.807, 2.05) is 0 Å². The lowest BCUT2D eigenvalue weighted by molar-refractivity contribution is -0.130. The third kappa shape index (κ3) is 3.05. The largest absolute Gasteiger partial charge is 0.378 e. The molecule has 20 heavy (non-hydrogen) atoms. The van der Waals surface area contributed by atoms with Crippen LogP contribution in [0, 0.1) is 0 Å². The Morgan fingerprint density at radius 3 is 2.20 bits per heavy atom. The molecule has 0 radical (unpaired) electrons. The van der Waals surface area contributed by atoms with Crippen molar-refractivity contribution in [1.29, 1.82) is 0 Å². The lowest BCUT2D eigenvalue weighted by Gasteiger charge is -2.26. The molecule has 108 valence electrons. The number of rotatable bonds is 2. The van der Waals surface area contributed by atoms with Crippen LogP contribution in [0.2, 0.25) is 20.1 Å². The zero-order valence-electron chi connectivity index (χ0n) is 10.1. The number of halogens is 4. The number of morpholine rings is 1. The zero-order chi connectivity index (χ0) is 14.9. The van der Waals surface area contributed by atoms with Crippen molar-refractivity contribution in [1.82, 2.24) is 4.90 Å². The van der Waals surface area contributed by atoms with Gasteiger partial charge in [-0.3, -0.25) is 9.59 Å². The molecule has 4 nitrogen and oxygen atoms in total. The molecule has 1 aromatic carbocycles. The Balaban J connectivity index is 2.31. The molecule has 1 saturated heterocycles. The minimum atomic E-state index is -0.766. The van der Waals surface area contributed by atoms with Crippen LogP contribution in [0.5, 0.6) is 0 Å². The molecule has 1 aromatic rings. The minimum absolute atomic E-state index is 0.0426. The van der Waals surface area contributed by atoms with Crippen molar-refractivity contribution in [3.63, 3.8) is 0 Å². The van der Waals surface area contributed by atoms with Crippen LogP contribution in [0.1, 0.15) is 10.4 Å². The van der Waals surface area contributed by atoms with Crippen molar-refractivity contribution in [3.8, 4) is 0 Å². The second-order valence-corrected chi connectivity index (χ2v) is 5.62. The molecule has 1 fully saturated rings. The molecule has 0 bridgehead atoms. The molecule has 0 aromatic heterocycles. The van der Waals surface area contributed by atoms with Gasteiger partial charge in [-0.05, 0) is 6.07 Å².